The summed E-state index contributed by atoms with van der Waals surface area (Å²) in [4.78, 5) is 9.16. The molecule has 0 saturated heterocycles. The van der Waals surface area contributed by atoms with Crippen LogP contribution < -0.4 is 0 Å². The third kappa shape index (κ3) is 2.67. The lowest BCUT2D eigenvalue weighted by Crippen LogP contribution is -2.02. The molecule has 4 aromatic heterocycles. The molecule has 120 valence electrons. The van der Waals surface area contributed by atoms with Crippen LogP contribution in [0.3, 0.4) is 0 Å². The van der Waals surface area contributed by atoms with Gasteiger partial charge < -0.3 is 8.98 Å². The van der Waals surface area contributed by atoms with E-state index in [4.69, 9.17) is 9.40 Å². The molecule has 0 aliphatic carbocycles. The largest absolute Gasteiger partial charge is 0.467 e. The Morgan fingerprint density at radius 1 is 1.12 bits per heavy atom. The number of furan rings is 1. The van der Waals surface area contributed by atoms with Crippen molar-refractivity contribution in [2.45, 2.75) is 20.4 Å². The van der Waals surface area contributed by atoms with E-state index in [0.29, 0.717) is 0 Å². The van der Waals surface area contributed by atoms with E-state index in [2.05, 4.69) is 34.8 Å². The molecule has 4 aromatic rings. The Balaban J connectivity index is 1.69. The molecule has 4 rings (SSSR count). The van der Waals surface area contributed by atoms with Gasteiger partial charge in [0.25, 0.3) is 0 Å². The smallest absolute Gasteiger partial charge is 0.142 e. The lowest BCUT2D eigenvalue weighted by Gasteiger charge is -2.07. The number of rotatable bonds is 4. The maximum Gasteiger partial charge on any atom is 0.142 e. The van der Waals surface area contributed by atoms with E-state index in [-0.39, 0.29) is 0 Å². The normalized spacial score (nSPS) is 11.1. The van der Waals surface area contributed by atoms with Gasteiger partial charge in [-0.2, -0.15) is 0 Å². The van der Waals surface area contributed by atoms with Crippen LogP contribution in [0.5, 0.6) is 0 Å². The molecule has 0 spiro atoms. The third-order valence-electron chi connectivity index (χ3n) is 4.13. The van der Waals surface area contributed by atoms with Crippen molar-refractivity contribution in [3.05, 3.63) is 71.4 Å². The second-order valence-corrected chi connectivity index (χ2v) is 6.56. The van der Waals surface area contributed by atoms with Crippen molar-refractivity contribution in [1.29, 1.82) is 0 Å². The molecule has 0 aliphatic rings. The summed E-state index contributed by atoms with van der Waals surface area (Å²) in [5.74, 6) is 0.954. The Kier molecular flexibility index (Phi) is 3.78. The summed E-state index contributed by atoms with van der Waals surface area (Å²) < 4.78 is 7.74. The van der Waals surface area contributed by atoms with E-state index in [0.717, 1.165) is 34.3 Å². The van der Waals surface area contributed by atoms with Gasteiger partial charge in [0.2, 0.25) is 0 Å². The van der Waals surface area contributed by atoms with E-state index in [1.807, 2.05) is 30.3 Å². The van der Waals surface area contributed by atoms with Gasteiger partial charge in [0.15, 0.2) is 0 Å². The molecule has 4 heterocycles. The predicted molar refractivity (Wildman–Crippen MR) is 96.1 cm³/mol. The van der Waals surface area contributed by atoms with Gasteiger partial charge in [0.1, 0.15) is 10.8 Å². The fraction of sp³-hybridized carbons (Fsp3) is 0.158. The molecule has 0 saturated carbocycles. The summed E-state index contributed by atoms with van der Waals surface area (Å²) in [6, 6.07) is 12.0. The first-order valence-corrected chi connectivity index (χ1v) is 8.67. The Morgan fingerprint density at radius 2 is 2.04 bits per heavy atom. The zero-order valence-electron chi connectivity index (χ0n) is 13.6. The van der Waals surface area contributed by atoms with Crippen LogP contribution >= 0.6 is 11.3 Å². The van der Waals surface area contributed by atoms with Gasteiger partial charge in [-0.05, 0) is 44.2 Å². The van der Waals surface area contributed by atoms with Crippen molar-refractivity contribution in [3.8, 4) is 22.0 Å². The average Bonchev–Trinajstić information content (AvgIpc) is 3.33. The van der Waals surface area contributed by atoms with Crippen molar-refractivity contribution in [1.82, 2.24) is 14.5 Å². The van der Waals surface area contributed by atoms with E-state index in [1.165, 1.54) is 11.4 Å². The monoisotopic (exact) mass is 335 g/mol. The van der Waals surface area contributed by atoms with Crippen LogP contribution in [0.25, 0.3) is 22.0 Å². The number of hydrogen-bond acceptors (Lipinski definition) is 4. The fourth-order valence-corrected chi connectivity index (χ4v) is 3.66. The number of aromatic nitrogens is 3. The maximum atomic E-state index is 5.48. The summed E-state index contributed by atoms with van der Waals surface area (Å²) in [5, 5.41) is 3.05. The highest BCUT2D eigenvalue weighted by Gasteiger charge is 2.15. The van der Waals surface area contributed by atoms with Gasteiger partial charge >= 0.3 is 0 Å². The summed E-state index contributed by atoms with van der Waals surface area (Å²) in [6.45, 7) is 4.98. The number of nitrogens with zero attached hydrogens (tertiary/aromatic N) is 3. The Morgan fingerprint density at radius 3 is 2.79 bits per heavy atom. The van der Waals surface area contributed by atoms with Crippen LogP contribution in [-0.2, 0) is 6.54 Å². The maximum absolute atomic E-state index is 5.48. The molecular weight excluding hydrogens is 318 g/mol. The molecule has 0 unspecified atom stereocenters. The zero-order chi connectivity index (χ0) is 16.5. The highest BCUT2D eigenvalue weighted by atomic mass is 32.1. The van der Waals surface area contributed by atoms with E-state index < -0.39 is 0 Å². The van der Waals surface area contributed by atoms with Crippen LogP contribution in [0, 0.1) is 13.8 Å². The molecule has 4 nitrogen and oxygen atoms in total. The standard InChI is InChI=1S/C19H17N3OS/c1-13-10-16(14(2)22(13)11-15-6-5-9-23-15)18-12-24-19(21-18)17-7-3-4-8-20-17/h3-10,12H,11H2,1-2H3. The van der Waals surface area contributed by atoms with Gasteiger partial charge in [-0.3, -0.25) is 4.98 Å². The highest BCUT2D eigenvalue weighted by molar-refractivity contribution is 7.13. The molecule has 0 atom stereocenters. The van der Waals surface area contributed by atoms with E-state index in [9.17, 15) is 0 Å². The van der Waals surface area contributed by atoms with E-state index in [1.54, 1.807) is 23.8 Å². The Hall–Kier alpha value is -2.66. The third-order valence-corrected chi connectivity index (χ3v) is 5.00. The molecule has 24 heavy (non-hydrogen) atoms. The van der Waals surface area contributed by atoms with Gasteiger partial charge in [0.05, 0.1) is 24.2 Å². The number of pyridine rings is 1. The minimum absolute atomic E-state index is 0.738. The first kappa shape index (κ1) is 14.9. The van der Waals surface area contributed by atoms with Gasteiger partial charge in [0, 0.05) is 28.5 Å². The lowest BCUT2D eigenvalue weighted by molar-refractivity contribution is 0.489. The van der Waals surface area contributed by atoms with Crippen LogP contribution in [-0.4, -0.2) is 14.5 Å². The molecule has 0 aliphatic heterocycles. The Bertz CT molecular complexity index is 952. The predicted octanol–water partition coefficient (Wildman–Crippen LogP) is 4.93. The van der Waals surface area contributed by atoms with Crippen molar-refractivity contribution >= 4 is 11.3 Å². The van der Waals surface area contributed by atoms with Crippen LogP contribution in [0.1, 0.15) is 17.1 Å². The summed E-state index contributed by atoms with van der Waals surface area (Å²) in [5.41, 5.74) is 5.48. The second kappa shape index (κ2) is 6.09. The molecular formula is C19H17N3OS. The highest BCUT2D eigenvalue weighted by Crippen LogP contribution is 2.31. The van der Waals surface area contributed by atoms with E-state index >= 15 is 0 Å². The average molecular weight is 335 g/mol. The molecule has 5 heteroatoms. The molecule has 0 bridgehead atoms. The second-order valence-electron chi connectivity index (χ2n) is 5.70. The molecule has 0 amide bonds. The fourth-order valence-electron chi connectivity index (χ4n) is 2.87. The first-order valence-electron chi connectivity index (χ1n) is 7.79. The molecule has 0 fully saturated rings. The first-order chi connectivity index (χ1) is 11.7. The van der Waals surface area contributed by atoms with Crippen molar-refractivity contribution in [3.63, 3.8) is 0 Å². The zero-order valence-corrected chi connectivity index (χ0v) is 14.4. The number of hydrogen-bond donors (Lipinski definition) is 0. The SMILES string of the molecule is Cc1cc(-c2csc(-c3ccccn3)n2)c(C)n1Cc1ccco1. The van der Waals surface area contributed by atoms with Gasteiger partial charge in [-0.1, -0.05) is 6.07 Å². The quantitative estimate of drug-likeness (QED) is 0.531. The van der Waals surface area contributed by atoms with Crippen LogP contribution in [0.15, 0.2) is 58.7 Å². The van der Waals surface area contributed by atoms with Crippen LogP contribution in [0.4, 0.5) is 0 Å². The lowest BCUT2D eigenvalue weighted by atomic mass is 10.2. The summed E-state index contributed by atoms with van der Waals surface area (Å²) in [7, 11) is 0. The van der Waals surface area contributed by atoms with Gasteiger partial charge in [-0.15, -0.1) is 11.3 Å². The molecule has 0 aromatic carbocycles. The molecule has 0 N–H and O–H groups in total. The van der Waals surface area contributed by atoms with Crippen molar-refractivity contribution < 1.29 is 4.42 Å². The summed E-state index contributed by atoms with van der Waals surface area (Å²) in [6.07, 6.45) is 3.51. The number of thiazole rings is 1. The number of aryl methyl sites for hydroxylation is 1. The van der Waals surface area contributed by atoms with Gasteiger partial charge in [-0.25, -0.2) is 4.98 Å². The molecule has 0 radical (unpaired) electrons. The summed E-state index contributed by atoms with van der Waals surface area (Å²) >= 11 is 1.63. The minimum atomic E-state index is 0.738. The van der Waals surface area contributed by atoms with Crippen molar-refractivity contribution in [2.24, 2.45) is 0 Å². The van der Waals surface area contributed by atoms with Crippen molar-refractivity contribution in [2.75, 3.05) is 0 Å². The topological polar surface area (TPSA) is 43.9 Å². The van der Waals surface area contributed by atoms with Crippen LogP contribution in [0.2, 0.25) is 0 Å². The minimum Gasteiger partial charge on any atom is -0.467 e. The Labute approximate surface area is 144 Å².